The highest BCUT2D eigenvalue weighted by Crippen LogP contribution is 2.32. The van der Waals surface area contributed by atoms with E-state index in [-0.39, 0.29) is 18.2 Å². The maximum absolute atomic E-state index is 11.8. The molecule has 2 heterocycles. The van der Waals surface area contributed by atoms with Crippen LogP contribution in [0.1, 0.15) is 44.1 Å². The highest BCUT2D eigenvalue weighted by atomic mass is 16.6. The molecular formula is C14H20N2O2. The minimum absolute atomic E-state index is 0.0887. The van der Waals surface area contributed by atoms with E-state index >= 15 is 0 Å². The minimum Gasteiger partial charge on any atom is -0.439 e. The Morgan fingerprint density at radius 1 is 1.50 bits per heavy atom. The van der Waals surface area contributed by atoms with Crippen LogP contribution in [-0.4, -0.2) is 28.6 Å². The van der Waals surface area contributed by atoms with Gasteiger partial charge in [0, 0.05) is 18.4 Å². The zero-order valence-electron chi connectivity index (χ0n) is 11.2. The van der Waals surface area contributed by atoms with Gasteiger partial charge in [0.15, 0.2) is 0 Å². The van der Waals surface area contributed by atoms with E-state index in [9.17, 15) is 4.79 Å². The Morgan fingerprint density at radius 3 is 2.94 bits per heavy atom. The Kier molecular flexibility index (Phi) is 3.84. The maximum atomic E-state index is 11.8. The molecule has 98 valence electrons. The SMILES string of the molecule is CCCCN1C(=O)O[C@H](c2ccnc(C)c2)[C@@H]1C. The molecule has 2 rings (SSSR count). The second kappa shape index (κ2) is 5.38. The quantitative estimate of drug-likeness (QED) is 0.822. The first-order valence-corrected chi connectivity index (χ1v) is 6.53. The summed E-state index contributed by atoms with van der Waals surface area (Å²) >= 11 is 0. The number of amides is 1. The fourth-order valence-corrected chi connectivity index (χ4v) is 2.32. The van der Waals surface area contributed by atoms with E-state index in [2.05, 4.69) is 11.9 Å². The number of hydrogen-bond donors (Lipinski definition) is 0. The lowest BCUT2D eigenvalue weighted by molar-refractivity contribution is 0.130. The van der Waals surface area contributed by atoms with Gasteiger partial charge in [-0.15, -0.1) is 0 Å². The highest BCUT2D eigenvalue weighted by molar-refractivity contribution is 5.71. The zero-order chi connectivity index (χ0) is 13.1. The third kappa shape index (κ3) is 2.47. The molecule has 1 aromatic rings. The van der Waals surface area contributed by atoms with E-state index in [1.54, 1.807) is 6.20 Å². The Balaban J connectivity index is 2.14. The summed E-state index contributed by atoms with van der Waals surface area (Å²) in [6.45, 7) is 6.88. The molecule has 4 nitrogen and oxygen atoms in total. The lowest BCUT2D eigenvalue weighted by atomic mass is 10.0. The topological polar surface area (TPSA) is 42.4 Å². The van der Waals surface area contributed by atoms with Gasteiger partial charge in [0.25, 0.3) is 0 Å². The minimum atomic E-state index is -0.199. The summed E-state index contributed by atoms with van der Waals surface area (Å²) in [5, 5.41) is 0. The molecule has 1 aromatic heterocycles. The number of unbranched alkanes of at least 4 members (excludes halogenated alkanes) is 1. The van der Waals surface area contributed by atoms with Crippen molar-refractivity contribution in [2.75, 3.05) is 6.54 Å². The molecule has 1 amide bonds. The number of hydrogen-bond acceptors (Lipinski definition) is 3. The third-order valence-corrected chi connectivity index (χ3v) is 3.39. The lowest BCUT2D eigenvalue weighted by Crippen LogP contribution is -2.32. The standard InChI is InChI=1S/C14H20N2O2/c1-4-5-8-16-11(3)13(18-14(16)17)12-6-7-15-10(2)9-12/h6-7,9,11,13H,4-5,8H2,1-3H3/t11-,13-/m0/s1. The van der Waals surface area contributed by atoms with Crippen LogP contribution in [0.25, 0.3) is 0 Å². The van der Waals surface area contributed by atoms with Gasteiger partial charge in [-0.05, 0) is 38.0 Å². The van der Waals surface area contributed by atoms with Crippen molar-refractivity contribution in [3.63, 3.8) is 0 Å². The van der Waals surface area contributed by atoms with E-state index in [0.29, 0.717) is 0 Å². The number of nitrogens with zero attached hydrogens (tertiary/aromatic N) is 2. The predicted molar refractivity (Wildman–Crippen MR) is 69.3 cm³/mol. The molecular weight excluding hydrogens is 228 g/mol. The van der Waals surface area contributed by atoms with Gasteiger partial charge in [0.05, 0.1) is 6.04 Å². The number of carbonyl (C=O) groups excluding carboxylic acids is 1. The maximum Gasteiger partial charge on any atom is 0.410 e. The lowest BCUT2D eigenvalue weighted by Gasteiger charge is -2.20. The predicted octanol–water partition coefficient (Wildman–Crippen LogP) is 3.07. The Morgan fingerprint density at radius 2 is 2.28 bits per heavy atom. The van der Waals surface area contributed by atoms with Gasteiger partial charge in [0.1, 0.15) is 6.10 Å². The van der Waals surface area contributed by atoms with Crippen LogP contribution in [-0.2, 0) is 4.74 Å². The number of pyridine rings is 1. The molecule has 1 aliphatic heterocycles. The van der Waals surface area contributed by atoms with Crippen LogP contribution >= 0.6 is 0 Å². The number of ether oxygens (including phenoxy) is 1. The van der Waals surface area contributed by atoms with E-state index < -0.39 is 0 Å². The summed E-state index contributed by atoms with van der Waals surface area (Å²) in [5.41, 5.74) is 1.98. The third-order valence-electron chi connectivity index (χ3n) is 3.39. The first-order chi connectivity index (χ1) is 8.63. The van der Waals surface area contributed by atoms with Crippen LogP contribution in [0.5, 0.6) is 0 Å². The molecule has 0 N–H and O–H groups in total. The molecule has 4 heteroatoms. The Bertz CT molecular complexity index is 434. The summed E-state index contributed by atoms with van der Waals surface area (Å²) in [7, 11) is 0. The fourth-order valence-electron chi connectivity index (χ4n) is 2.32. The van der Waals surface area contributed by atoms with Crippen molar-refractivity contribution >= 4 is 6.09 Å². The molecule has 0 spiro atoms. The number of aromatic nitrogens is 1. The number of aryl methyl sites for hydroxylation is 1. The Hall–Kier alpha value is -1.58. The number of rotatable bonds is 4. The highest BCUT2D eigenvalue weighted by Gasteiger charge is 2.39. The molecule has 0 aliphatic carbocycles. The van der Waals surface area contributed by atoms with Crippen molar-refractivity contribution in [1.29, 1.82) is 0 Å². The van der Waals surface area contributed by atoms with Gasteiger partial charge >= 0.3 is 6.09 Å². The molecule has 0 bridgehead atoms. The summed E-state index contributed by atoms with van der Waals surface area (Å²) in [6.07, 6.45) is 3.49. The fraction of sp³-hybridized carbons (Fsp3) is 0.571. The average Bonchev–Trinajstić information content (AvgIpc) is 2.63. The van der Waals surface area contributed by atoms with Crippen molar-refractivity contribution in [1.82, 2.24) is 9.88 Å². The van der Waals surface area contributed by atoms with Gasteiger partial charge in [-0.3, -0.25) is 4.98 Å². The van der Waals surface area contributed by atoms with Crippen molar-refractivity contribution in [2.45, 2.75) is 45.8 Å². The average molecular weight is 248 g/mol. The molecule has 1 saturated heterocycles. The molecule has 2 atom stereocenters. The van der Waals surface area contributed by atoms with Crippen LogP contribution < -0.4 is 0 Å². The molecule has 0 unspecified atom stereocenters. The van der Waals surface area contributed by atoms with E-state index in [4.69, 9.17) is 4.74 Å². The second-order valence-corrected chi connectivity index (χ2v) is 4.82. The van der Waals surface area contributed by atoms with Crippen LogP contribution in [0.4, 0.5) is 4.79 Å². The van der Waals surface area contributed by atoms with Crippen LogP contribution in [0, 0.1) is 6.92 Å². The van der Waals surface area contributed by atoms with Crippen LogP contribution in [0.15, 0.2) is 18.3 Å². The largest absolute Gasteiger partial charge is 0.439 e. The molecule has 1 fully saturated rings. The number of carbonyl (C=O) groups is 1. The molecule has 18 heavy (non-hydrogen) atoms. The summed E-state index contributed by atoms with van der Waals surface area (Å²) in [6, 6.07) is 3.99. The second-order valence-electron chi connectivity index (χ2n) is 4.82. The molecule has 0 aromatic carbocycles. The van der Waals surface area contributed by atoms with Crippen molar-refractivity contribution in [3.05, 3.63) is 29.6 Å². The normalized spacial score (nSPS) is 23.3. The van der Waals surface area contributed by atoms with Gasteiger partial charge in [-0.25, -0.2) is 4.79 Å². The Labute approximate surface area is 108 Å². The zero-order valence-corrected chi connectivity index (χ0v) is 11.2. The van der Waals surface area contributed by atoms with Crippen LogP contribution in [0.2, 0.25) is 0 Å². The summed E-state index contributed by atoms with van der Waals surface area (Å²) < 4.78 is 5.48. The van der Waals surface area contributed by atoms with Crippen molar-refractivity contribution < 1.29 is 9.53 Å². The van der Waals surface area contributed by atoms with Gasteiger partial charge in [-0.1, -0.05) is 13.3 Å². The van der Waals surface area contributed by atoms with E-state index in [1.165, 1.54) is 0 Å². The van der Waals surface area contributed by atoms with Crippen molar-refractivity contribution in [3.8, 4) is 0 Å². The first-order valence-electron chi connectivity index (χ1n) is 6.53. The van der Waals surface area contributed by atoms with Gasteiger partial charge in [-0.2, -0.15) is 0 Å². The molecule has 0 saturated carbocycles. The number of cyclic esters (lactones) is 1. The van der Waals surface area contributed by atoms with E-state index in [1.807, 2.05) is 30.9 Å². The monoisotopic (exact) mass is 248 g/mol. The summed E-state index contributed by atoms with van der Waals surface area (Å²) in [4.78, 5) is 17.8. The summed E-state index contributed by atoms with van der Waals surface area (Å²) in [5.74, 6) is 0. The molecule has 0 radical (unpaired) electrons. The first kappa shape index (κ1) is 12.9. The van der Waals surface area contributed by atoms with Crippen molar-refractivity contribution in [2.24, 2.45) is 0 Å². The van der Waals surface area contributed by atoms with Gasteiger partial charge in [0.2, 0.25) is 0 Å². The molecule has 1 aliphatic rings. The van der Waals surface area contributed by atoms with Gasteiger partial charge < -0.3 is 9.64 Å². The smallest absolute Gasteiger partial charge is 0.410 e. The van der Waals surface area contributed by atoms with Crippen LogP contribution in [0.3, 0.4) is 0 Å². The van der Waals surface area contributed by atoms with E-state index in [0.717, 1.165) is 30.6 Å².